The van der Waals surface area contributed by atoms with Gasteiger partial charge in [0.2, 0.25) is 0 Å². The van der Waals surface area contributed by atoms with E-state index in [2.05, 4.69) is 24.2 Å². The van der Waals surface area contributed by atoms with E-state index in [0.717, 1.165) is 18.5 Å². The van der Waals surface area contributed by atoms with E-state index < -0.39 is 0 Å². The van der Waals surface area contributed by atoms with Crippen molar-refractivity contribution in [1.82, 2.24) is 10.2 Å². The largest absolute Gasteiger partial charge is 0.317 e. The Bertz CT molecular complexity index is 445. The molecule has 0 spiro atoms. The predicted molar refractivity (Wildman–Crippen MR) is 84.9 cm³/mol. The van der Waals surface area contributed by atoms with Crippen LogP contribution >= 0.6 is 0 Å². The van der Waals surface area contributed by atoms with Crippen molar-refractivity contribution in [2.75, 3.05) is 7.05 Å². The molecule has 0 saturated carbocycles. The molecule has 3 rings (SSSR count). The first-order chi connectivity index (χ1) is 10.2. The van der Waals surface area contributed by atoms with E-state index in [1.54, 1.807) is 12.1 Å². The molecule has 3 heteroatoms. The number of nitrogens with one attached hydrogen (secondary N) is 1. The van der Waals surface area contributed by atoms with Crippen molar-refractivity contribution in [3.8, 4) is 0 Å². The monoisotopic (exact) mass is 290 g/mol. The second-order valence-electron chi connectivity index (χ2n) is 6.82. The quantitative estimate of drug-likeness (QED) is 0.914. The average molecular weight is 290 g/mol. The van der Waals surface area contributed by atoms with E-state index >= 15 is 0 Å². The first-order valence-corrected chi connectivity index (χ1v) is 8.36. The van der Waals surface area contributed by atoms with Gasteiger partial charge in [0.05, 0.1) is 0 Å². The van der Waals surface area contributed by atoms with Crippen molar-refractivity contribution in [3.05, 3.63) is 35.6 Å². The molecule has 0 amide bonds. The van der Waals surface area contributed by atoms with Crippen LogP contribution in [0.25, 0.3) is 0 Å². The summed E-state index contributed by atoms with van der Waals surface area (Å²) < 4.78 is 13.0. The lowest BCUT2D eigenvalue weighted by molar-refractivity contribution is -0.00404. The Morgan fingerprint density at radius 3 is 2.38 bits per heavy atom. The van der Waals surface area contributed by atoms with Crippen LogP contribution in [0.15, 0.2) is 24.3 Å². The van der Waals surface area contributed by atoms with Gasteiger partial charge in [0.1, 0.15) is 5.82 Å². The van der Waals surface area contributed by atoms with Gasteiger partial charge in [-0.25, -0.2) is 4.39 Å². The van der Waals surface area contributed by atoms with Crippen LogP contribution in [0.2, 0.25) is 0 Å². The van der Waals surface area contributed by atoms with Gasteiger partial charge in [-0.2, -0.15) is 0 Å². The van der Waals surface area contributed by atoms with Crippen molar-refractivity contribution < 1.29 is 4.39 Å². The number of hydrogen-bond donors (Lipinski definition) is 1. The zero-order valence-electron chi connectivity index (χ0n) is 13.2. The highest BCUT2D eigenvalue weighted by Crippen LogP contribution is 2.36. The Balaban J connectivity index is 1.69. The molecule has 1 aromatic rings. The molecule has 2 saturated heterocycles. The molecule has 1 aromatic carbocycles. The number of halogens is 1. The standard InChI is InChI=1S/C18H27FN2/c1-13(10-14-6-8-15(19)9-7-14)21-17-4-3-5-18(21)12-16(11-17)20-2/h6-9,13,16-18,20H,3-5,10-12H2,1-2H3. The van der Waals surface area contributed by atoms with Crippen LogP contribution in [0, 0.1) is 5.82 Å². The third-order valence-electron chi connectivity index (χ3n) is 5.39. The highest BCUT2D eigenvalue weighted by Gasteiger charge is 2.39. The molecule has 2 aliphatic rings. The molecule has 2 nitrogen and oxygen atoms in total. The summed E-state index contributed by atoms with van der Waals surface area (Å²) in [6, 6.07) is 9.71. The summed E-state index contributed by atoms with van der Waals surface area (Å²) in [5.74, 6) is -0.141. The topological polar surface area (TPSA) is 15.3 Å². The van der Waals surface area contributed by atoms with Crippen molar-refractivity contribution in [2.24, 2.45) is 0 Å². The Kier molecular flexibility index (Phi) is 4.60. The Morgan fingerprint density at radius 2 is 1.81 bits per heavy atom. The highest BCUT2D eigenvalue weighted by molar-refractivity contribution is 5.17. The van der Waals surface area contributed by atoms with Gasteiger partial charge < -0.3 is 5.32 Å². The summed E-state index contributed by atoms with van der Waals surface area (Å²) in [5.41, 5.74) is 1.25. The zero-order chi connectivity index (χ0) is 14.8. The third-order valence-corrected chi connectivity index (χ3v) is 5.39. The van der Waals surface area contributed by atoms with Gasteiger partial charge in [-0.3, -0.25) is 4.90 Å². The molecule has 21 heavy (non-hydrogen) atoms. The Labute approximate surface area is 127 Å². The zero-order valence-corrected chi connectivity index (χ0v) is 13.2. The Morgan fingerprint density at radius 1 is 1.19 bits per heavy atom. The third kappa shape index (κ3) is 3.29. The van der Waals surface area contributed by atoms with Gasteiger partial charge >= 0.3 is 0 Å². The number of benzene rings is 1. The van der Waals surface area contributed by atoms with Gasteiger partial charge in [-0.1, -0.05) is 18.6 Å². The lowest BCUT2D eigenvalue weighted by atomic mass is 9.80. The van der Waals surface area contributed by atoms with Gasteiger partial charge in [0.25, 0.3) is 0 Å². The summed E-state index contributed by atoms with van der Waals surface area (Å²) in [6.07, 6.45) is 7.63. The predicted octanol–water partition coefficient (Wildman–Crippen LogP) is 3.36. The van der Waals surface area contributed by atoms with Crippen LogP contribution in [-0.4, -0.2) is 36.1 Å². The minimum absolute atomic E-state index is 0.141. The highest BCUT2D eigenvalue weighted by atomic mass is 19.1. The molecule has 2 fully saturated rings. The maximum atomic E-state index is 13.0. The lowest BCUT2D eigenvalue weighted by Gasteiger charge is -2.51. The molecule has 2 aliphatic heterocycles. The summed E-state index contributed by atoms with van der Waals surface area (Å²) >= 11 is 0. The van der Waals surface area contributed by atoms with Gasteiger partial charge in [0.15, 0.2) is 0 Å². The number of piperidine rings is 2. The molecule has 2 heterocycles. The lowest BCUT2D eigenvalue weighted by Crippen LogP contribution is -2.59. The fourth-order valence-electron chi connectivity index (χ4n) is 4.44. The maximum Gasteiger partial charge on any atom is 0.123 e. The molecule has 1 N–H and O–H groups in total. The van der Waals surface area contributed by atoms with E-state index in [-0.39, 0.29) is 5.82 Å². The SMILES string of the molecule is CNC1CC2CCCC(C1)N2C(C)Cc1ccc(F)cc1. The minimum atomic E-state index is -0.141. The summed E-state index contributed by atoms with van der Waals surface area (Å²) in [7, 11) is 2.10. The van der Waals surface area contributed by atoms with E-state index in [1.165, 1.54) is 37.7 Å². The van der Waals surface area contributed by atoms with Crippen molar-refractivity contribution >= 4 is 0 Å². The van der Waals surface area contributed by atoms with Crippen LogP contribution in [0.3, 0.4) is 0 Å². The van der Waals surface area contributed by atoms with Crippen LogP contribution < -0.4 is 5.32 Å². The van der Waals surface area contributed by atoms with Crippen molar-refractivity contribution in [1.29, 1.82) is 0 Å². The average Bonchev–Trinajstić information content (AvgIpc) is 2.48. The van der Waals surface area contributed by atoms with Gasteiger partial charge in [-0.05, 0) is 63.8 Å². The Hall–Kier alpha value is -0.930. The number of rotatable bonds is 4. The number of hydrogen-bond acceptors (Lipinski definition) is 2. The van der Waals surface area contributed by atoms with Crippen molar-refractivity contribution in [2.45, 2.75) is 69.6 Å². The first kappa shape index (κ1) is 15.0. The fraction of sp³-hybridized carbons (Fsp3) is 0.667. The molecule has 116 valence electrons. The van der Waals surface area contributed by atoms with E-state index in [9.17, 15) is 4.39 Å². The van der Waals surface area contributed by atoms with E-state index in [1.807, 2.05) is 12.1 Å². The maximum absolute atomic E-state index is 13.0. The number of fused-ring (bicyclic) bond motifs is 2. The summed E-state index contributed by atoms with van der Waals surface area (Å²) in [5, 5.41) is 3.48. The van der Waals surface area contributed by atoms with Crippen LogP contribution in [0.5, 0.6) is 0 Å². The van der Waals surface area contributed by atoms with E-state index in [4.69, 9.17) is 0 Å². The molecule has 3 atom stereocenters. The smallest absolute Gasteiger partial charge is 0.123 e. The van der Waals surface area contributed by atoms with Crippen LogP contribution in [0.4, 0.5) is 4.39 Å². The minimum Gasteiger partial charge on any atom is -0.317 e. The van der Waals surface area contributed by atoms with Crippen LogP contribution in [0.1, 0.15) is 44.6 Å². The summed E-state index contributed by atoms with van der Waals surface area (Å²) in [4.78, 5) is 2.76. The molecule has 0 aromatic heterocycles. The molecule has 2 bridgehead atoms. The second-order valence-corrected chi connectivity index (χ2v) is 6.82. The molecular weight excluding hydrogens is 263 g/mol. The van der Waals surface area contributed by atoms with E-state index in [0.29, 0.717) is 12.1 Å². The fourth-order valence-corrected chi connectivity index (χ4v) is 4.44. The summed E-state index contributed by atoms with van der Waals surface area (Å²) in [6.45, 7) is 2.34. The molecule has 0 radical (unpaired) electrons. The number of nitrogens with zero attached hydrogens (tertiary/aromatic N) is 1. The normalized spacial score (nSPS) is 31.1. The molecule has 3 unspecified atom stereocenters. The molecular formula is C18H27FN2. The van der Waals surface area contributed by atoms with Crippen LogP contribution in [-0.2, 0) is 6.42 Å². The second kappa shape index (κ2) is 6.45. The van der Waals surface area contributed by atoms with Crippen molar-refractivity contribution in [3.63, 3.8) is 0 Å². The first-order valence-electron chi connectivity index (χ1n) is 8.36. The van der Waals surface area contributed by atoms with Gasteiger partial charge in [-0.15, -0.1) is 0 Å². The van der Waals surface area contributed by atoms with Gasteiger partial charge in [0, 0.05) is 24.2 Å². The molecule has 0 aliphatic carbocycles.